The van der Waals surface area contributed by atoms with Gasteiger partial charge in [-0.15, -0.1) is 0 Å². The molecular formula is C11H23N3O2. The van der Waals surface area contributed by atoms with Gasteiger partial charge >= 0.3 is 0 Å². The maximum Gasteiger partial charge on any atom is 0.236 e. The summed E-state index contributed by atoms with van der Waals surface area (Å²) in [6, 6.07) is 0. The van der Waals surface area contributed by atoms with E-state index in [0.717, 1.165) is 32.7 Å². The van der Waals surface area contributed by atoms with Crippen LogP contribution in [0.4, 0.5) is 0 Å². The Labute approximate surface area is 97.5 Å². The van der Waals surface area contributed by atoms with Gasteiger partial charge in [-0.05, 0) is 19.9 Å². The van der Waals surface area contributed by atoms with Gasteiger partial charge in [-0.1, -0.05) is 0 Å². The van der Waals surface area contributed by atoms with Crippen molar-refractivity contribution >= 4 is 5.91 Å². The average molecular weight is 229 g/mol. The predicted molar refractivity (Wildman–Crippen MR) is 63.2 cm³/mol. The molecular weight excluding hydrogens is 206 g/mol. The number of morpholine rings is 1. The van der Waals surface area contributed by atoms with Crippen LogP contribution in [0, 0.1) is 0 Å². The van der Waals surface area contributed by atoms with Crippen LogP contribution in [0.25, 0.3) is 0 Å². The number of nitrogens with zero attached hydrogens (tertiary/aromatic N) is 2. The molecule has 0 aromatic rings. The SMILES string of the molecule is CC1CN(CC(=O)N(C)CCCN)CCO1. The second-order valence-electron chi connectivity index (χ2n) is 4.37. The molecule has 1 atom stereocenters. The largest absolute Gasteiger partial charge is 0.376 e. The molecule has 1 aliphatic heterocycles. The van der Waals surface area contributed by atoms with Gasteiger partial charge in [0.05, 0.1) is 19.3 Å². The Morgan fingerprint density at radius 1 is 1.62 bits per heavy atom. The van der Waals surface area contributed by atoms with E-state index in [0.29, 0.717) is 13.1 Å². The highest BCUT2D eigenvalue weighted by Crippen LogP contribution is 2.04. The lowest BCUT2D eigenvalue weighted by atomic mass is 10.3. The van der Waals surface area contributed by atoms with E-state index in [-0.39, 0.29) is 12.0 Å². The third-order valence-electron chi connectivity index (χ3n) is 2.81. The first-order chi connectivity index (χ1) is 7.63. The second-order valence-corrected chi connectivity index (χ2v) is 4.37. The van der Waals surface area contributed by atoms with Crippen molar-refractivity contribution in [2.24, 2.45) is 5.73 Å². The van der Waals surface area contributed by atoms with E-state index in [1.807, 2.05) is 14.0 Å². The zero-order chi connectivity index (χ0) is 12.0. The van der Waals surface area contributed by atoms with Crippen LogP contribution in [-0.4, -0.2) is 68.2 Å². The summed E-state index contributed by atoms with van der Waals surface area (Å²) in [4.78, 5) is 15.7. The predicted octanol–water partition coefficient (Wildman–Crippen LogP) is -0.486. The number of rotatable bonds is 5. The summed E-state index contributed by atoms with van der Waals surface area (Å²) in [6.45, 7) is 6.32. The molecule has 94 valence electrons. The minimum atomic E-state index is 0.169. The Bertz CT molecular complexity index is 223. The smallest absolute Gasteiger partial charge is 0.236 e. The van der Waals surface area contributed by atoms with Crippen LogP contribution in [0.2, 0.25) is 0 Å². The minimum Gasteiger partial charge on any atom is -0.376 e. The minimum absolute atomic E-state index is 0.169. The van der Waals surface area contributed by atoms with Crippen LogP contribution in [0.15, 0.2) is 0 Å². The average Bonchev–Trinajstić information content (AvgIpc) is 2.25. The summed E-state index contributed by atoms with van der Waals surface area (Å²) < 4.78 is 5.43. The molecule has 5 heteroatoms. The van der Waals surface area contributed by atoms with E-state index in [9.17, 15) is 4.79 Å². The number of nitrogens with two attached hydrogens (primary N) is 1. The molecule has 1 amide bonds. The van der Waals surface area contributed by atoms with Gasteiger partial charge in [-0.3, -0.25) is 9.69 Å². The molecule has 5 nitrogen and oxygen atoms in total. The standard InChI is InChI=1S/C11H23N3O2/c1-10-8-14(6-7-16-10)9-11(15)13(2)5-3-4-12/h10H,3-9,12H2,1-2H3. The topological polar surface area (TPSA) is 58.8 Å². The molecule has 0 aliphatic carbocycles. The number of amides is 1. The molecule has 0 spiro atoms. The fraction of sp³-hybridized carbons (Fsp3) is 0.909. The summed E-state index contributed by atoms with van der Waals surface area (Å²) in [5, 5.41) is 0. The number of hydrogen-bond donors (Lipinski definition) is 1. The van der Waals surface area contributed by atoms with E-state index in [4.69, 9.17) is 10.5 Å². The zero-order valence-corrected chi connectivity index (χ0v) is 10.3. The highest BCUT2D eigenvalue weighted by Gasteiger charge is 2.20. The van der Waals surface area contributed by atoms with Gasteiger partial charge in [0, 0.05) is 26.7 Å². The number of carbonyl (C=O) groups excluding carboxylic acids is 1. The Kier molecular flexibility index (Phi) is 5.73. The maximum atomic E-state index is 11.8. The van der Waals surface area contributed by atoms with Gasteiger partial charge in [-0.25, -0.2) is 0 Å². The van der Waals surface area contributed by atoms with Gasteiger partial charge in [0.1, 0.15) is 0 Å². The molecule has 0 radical (unpaired) electrons. The quantitative estimate of drug-likeness (QED) is 0.691. The molecule has 1 rings (SSSR count). The van der Waals surface area contributed by atoms with Crippen molar-refractivity contribution in [2.45, 2.75) is 19.4 Å². The first-order valence-corrected chi connectivity index (χ1v) is 5.91. The van der Waals surface area contributed by atoms with Crippen LogP contribution in [-0.2, 0) is 9.53 Å². The summed E-state index contributed by atoms with van der Waals surface area (Å²) in [5.74, 6) is 0.169. The third kappa shape index (κ3) is 4.47. The first-order valence-electron chi connectivity index (χ1n) is 5.91. The van der Waals surface area contributed by atoms with Crippen molar-refractivity contribution < 1.29 is 9.53 Å². The molecule has 0 bridgehead atoms. The van der Waals surface area contributed by atoms with Crippen molar-refractivity contribution in [3.8, 4) is 0 Å². The molecule has 2 N–H and O–H groups in total. The molecule has 0 aromatic heterocycles. The van der Waals surface area contributed by atoms with Crippen molar-refractivity contribution in [1.29, 1.82) is 0 Å². The van der Waals surface area contributed by atoms with Crippen LogP contribution in [0.3, 0.4) is 0 Å². The number of carbonyl (C=O) groups is 1. The maximum absolute atomic E-state index is 11.8. The second kappa shape index (κ2) is 6.83. The fourth-order valence-corrected chi connectivity index (χ4v) is 1.80. The van der Waals surface area contributed by atoms with E-state index in [2.05, 4.69) is 4.90 Å². The number of ether oxygens (including phenoxy) is 1. The Hall–Kier alpha value is -0.650. The fourth-order valence-electron chi connectivity index (χ4n) is 1.80. The van der Waals surface area contributed by atoms with Crippen LogP contribution < -0.4 is 5.73 Å². The van der Waals surface area contributed by atoms with Gasteiger partial charge in [0.15, 0.2) is 0 Å². The van der Waals surface area contributed by atoms with Crippen molar-refractivity contribution in [3.63, 3.8) is 0 Å². The van der Waals surface area contributed by atoms with E-state index in [1.54, 1.807) is 4.90 Å². The van der Waals surface area contributed by atoms with Crippen molar-refractivity contribution in [2.75, 3.05) is 46.4 Å². The molecule has 1 unspecified atom stereocenters. The number of hydrogen-bond acceptors (Lipinski definition) is 4. The highest BCUT2D eigenvalue weighted by atomic mass is 16.5. The summed E-state index contributed by atoms with van der Waals surface area (Å²) in [7, 11) is 1.84. The Morgan fingerprint density at radius 3 is 3.00 bits per heavy atom. The van der Waals surface area contributed by atoms with E-state index < -0.39 is 0 Å². The number of likely N-dealkylation sites (N-methyl/N-ethyl adjacent to an activating group) is 1. The molecule has 16 heavy (non-hydrogen) atoms. The van der Waals surface area contributed by atoms with Gasteiger partial charge in [0.2, 0.25) is 5.91 Å². The molecule has 1 saturated heterocycles. The monoisotopic (exact) mass is 229 g/mol. The Balaban J connectivity index is 2.26. The van der Waals surface area contributed by atoms with Gasteiger partial charge in [-0.2, -0.15) is 0 Å². The summed E-state index contributed by atoms with van der Waals surface area (Å²) in [6.07, 6.45) is 1.10. The summed E-state index contributed by atoms with van der Waals surface area (Å²) in [5.41, 5.74) is 5.41. The van der Waals surface area contributed by atoms with Gasteiger partial charge < -0.3 is 15.4 Å². The molecule has 1 heterocycles. The summed E-state index contributed by atoms with van der Waals surface area (Å²) >= 11 is 0. The van der Waals surface area contributed by atoms with Crippen LogP contribution >= 0.6 is 0 Å². The van der Waals surface area contributed by atoms with Crippen LogP contribution in [0.1, 0.15) is 13.3 Å². The van der Waals surface area contributed by atoms with Crippen molar-refractivity contribution in [1.82, 2.24) is 9.80 Å². The molecule has 1 aliphatic rings. The lowest BCUT2D eigenvalue weighted by molar-refractivity contribution is -0.132. The lowest BCUT2D eigenvalue weighted by Gasteiger charge is -2.31. The lowest BCUT2D eigenvalue weighted by Crippen LogP contribution is -2.46. The van der Waals surface area contributed by atoms with Crippen LogP contribution in [0.5, 0.6) is 0 Å². The third-order valence-corrected chi connectivity index (χ3v) is 2.81. The molecule has 1 fully saturated rings. The normalized spacial score (nSPS) is 22.1. The van der Waals surface area contributed by atoms with Crippen molar-refractivity contribution in [3.05, 3.63) is 0 Å². The molecule has 0 aromatic carbocycles. The Morgan fingerprint density at radius 2 is 2.38 bits per heavy atom. The van der Waals surface area contributed by atoms with E-state index in [1.165, 1.54) is 0 Å². The zero-order valence-electron chi connectivity index (χ0n) is 10.3. The van der Waals surface area contributed by atoms with E-state index >= 15 is 0 Å². The highest BCUT2D eigenvalue weighted by molar-refractivity contribution is 5.77. The molecule has 0 saturated carbocycles. The van der Waals surface area contributed by atoms with Gasteiger partial charge in [0.25, 0.3) is 0 Å². The first kappa shape index (κ1) is 13.4.